The Balaban J connectivity index is 1.92. The fourth-order valence-corrected chi connectivity index (χ4v) is 3.72. The number of benzene rings is 1. The van der Waals surface area contributed by atoms with Gasteiger partial charge in [0.05, 0.1) is 6.26 Å². The highest BCUT2D eigenvalue weighted by Gasteiger charge is 2.28. The lowest BCUT2D eigenvalue weighted by Crippen LogP contribution is -2.31. The Morgan fingerprint density at radius 3 is 2.71 bits per heavy atom. The summed E-state index contributed by atoms with van der Waals surface area (Å²) in [6.07, 6.45) is 2.90. The quantitative estimate of drug-likeness (QED) is 0.875. The van der Waals surface area contributed by atoms with E-state index in [1.807, 2.05) is 13.0 Å². The number of nitrogens with one attached hydrogen (secondary N) is 1. The predicted octanol–water partition coefficient (Wildman–Crippen LogP) is 2.15. The molecule has 0 saturated carbocycles. The Kier molecular flexibility index (Phi) is 5.35. The lowest BCUT2D eigenvalue weighted by molar-refractivity contribution is 0.413. The van der Waals surface area contributed by atoms with E-state index in [-0.39, 0.29) is 11.9 Å². The van der Waals surface area contributed by atoms with E-state index < -0.39 is 10.0 Å². The normalized spacial score (nSPS) is 21.6. The molecule has 6 heteroatoms. The molecule has 0 amide bonds. The maximum absolute atomic E-state index is 13.8. The van der Waals surface area contributed by atoms with Crippen LogP contribution in [0.15, 0.2) is 24.3 Å². The van der Waals surface area contributed by atoms with Crippen molar-refractivity contribution >= 4 is 10.0 Å². The average Bonchev–Trinajstić information content (AvgIpc) is 2.90. The number of nitrogens with zero attached hydrogens (tertiary/aromatic N) is 1. The summed E-state index contributed by atoms with van der Waals surface area (Å²) >= 11 is 0. The van der Waals surface area contributed by atoms with Gasteiger partial charge in [0.15, 0.2) is 0 Å². The van der Waals surface area contributed by atoms with Crippen LogP contribution >= 0.6 is 0 Å². The zero-order valence-electron chi connectivity index (χ0n) is 12.5. The Morgan fingerprint density at radius 1 is 1.43 bits per heavy atom. The molecule has 0 aliphatic carbocycles. The molecule has 21 heavy (non-hydrogen) atoms. The molecule has 0 bridgehead atoms. The van der Waals surface area contributed by atoms with Crippen molar-refractivity contribution in [1.82, 2.24) is 9.62 Å². The molecule has 118 valence electrons. The van der Waals surface area contributed by atoms with Crippen LogP contribution in [-0.4, -0.2) is 38.6 Å². The summed E-state index contributed by atoms with van der Waals surface area (Å²) in [7, 11) is -3.09. The molecule has 2 rings (SSSR count). The van der Waals surface area contributed by atoms with E-state index in [1.165, 1.54) is 16.6 Å². The summed E-state index contributed by atoms with van der Waals surface area (Å²) in [5.74, 6) is 0.0987. The fourth-order valence-electron chi connectivity index (χ4n) is 2.81. The third-order valence-electron chi connectivity index (χ3n) is 4.06. The summed E-state index contributed by atoms with van der Waals surface area (Å²) in [5, 5.41) is 3.38. The maximum atomic E-state index is 13.8. The molecule has 4 nitrogen and oxygen atoms in total. The van der Waals surface area contributed by atoms with Gasteiger partial charge in [-0.3, -0.25) is 0 Å². The highest BCUT2D eigenvalue weighted by atomic mass is 32.2. The molecule has 1 aliphatic rings. The van der Waals surface area contributed by atoms with Crippen LogP contribution in [0.3, 0.4) is 0 Å². The van der Waals surface area contributed by atoms with Crippen LogP contribution < -0.4 is 5.32 Å². The van der Waals surface area contributed by atoms with Gasteiger partial charge in [-0.2, -0.15) is 0 Å². The third kappa shape index (κ3) is 4.25. The Bertz CT molecular complexity index is 577. The molecule has 1 N–H and O–H groups in total. The smallest absolute Gasteiger partial charge is 0.211 e. The SMILES string of the molecule is CC[C@H](NC[C@H]1CCN(S(C)(=O)=O)C1)c1ccccc1F. The fraction of sp³-hybridized carbons (Fsp3) is 0.600. The van der Waals surface area contributed by atoms with Gasteiger partial charge in [-0.25, -0.2) is 17.1 Å². The zero-order valence-corrected chi connectivity index (χ0v) is 13.4. The van der Waals surface area contributed by atoms with Crippen molar-refractivity contribution in [2.75, 3.05) is 25.9 Å². The predicted molar refractivity (Wildman–Crippen MR) is 82.0 cm³/mol. The standard InChI is InChI=1S/C15H23FN2O2S/c1-3-15(13-6-4-5-7-14(13)16)17-10-12-8-9-18(11-12)21(2,19)20/h4-7,12,15,17H,3,8-11H2,1-2H3/t12-,15+/m1/s1. The van der Waals surface area contributed by atoms with Crippen molar-refractivity contribution < 1.29 is 12.8 Å². The number of hydrogen-bond acceptors (Lipinski definition) is 3. The van der Waals surface area contributed by atoms with Crippen LogP contribution in [0, 0.1) is 11.7 Å². The van der Waals surface area contributed by atoms with Gasteiger partial charge in [0.1, 0.15) is 5.82 Å². The monoisotopic (exact) mass is 314 g/mol. The van der Waals surface area contributed by atoms with E-state index in [1.54, 1.807) is 12.1 Å². The molecule has 0 spiro atoms. The highest BCUT2D eigenvalue weighted by Crippen LogP contribution is 2.22. The van der Waals surface area contributed by atoms with E-state index in [2.05, 4.69) is 5.32 Å². The summed E-state index contributed by atoms with van der Waals surface area (Å²) in [6, 6.07) is 6.77. The summed E-state index contributed by atoms with van der Waals surface area (Å²) in [5.41, 5.74) is 0.679. The minimum absolute atomic E-state index is 0.0292. The van der Waals surface area contributed by atoms with Gasteiger partial charge in [0.2, 0.25) is 10.0 Å². The molecule has 2 atom stereocenters. The van der Waals surface area contributed by atoms with Gasteiger partial charge in [0.25, 0.3) is 0 Å². The third-order valence-corrected chi connectivity index (χ3v) is 5.33. The van der Waals surface area contributed by atoms with E-state index in [0.717, 1.165) is 12.8 Å². The number of hydrogen-bond donors (Lipinski definition) is 1. The highest BCUT2D eigenvalue weighted by molar-refractivity contribution is 7.88. The summed E-state index contributed by atoms with van der Waals surface area (Å²) in [6.45, 7) is 3.86. The minimum Gasteiger partial charge on any atom is -0.310 e. The topological polar surface area (TPSA) is 49.4 Å². The van der Waals surface area contributed by atoms with Crippen LogP contribution in [0.4, 0.5) is 4.39 Å². The zero-order chi connectivity index (χ0) is 15.5. The first-order chi connectivity index (χ1) is 9.91. The van der Waals surface area contributed by atoms with Crippen LogP contribution in [0.5, 0.6) is 0 Å². The lowest BCUT2D eigenvalue weighted by Gasteiger charge is -2.20. The van der Waals surface area contributed by atoms with Crippen molar-refractivity contribution in [1.29, 1.82) is 0 Å². The van der Waals surface area contributed by atoms with Crippen molar-refractivity contribution in [3.8, 4) is 0 Å². The van der Waals surface area contributed by atoms with Crippen LogP contribution in [0.25, 0.3) is 0 Å². The number of rotatable bonds is 6. The maximum Gasteiger partial charge on any atom is 0.211 e. The average molecular weight is 314 g/mol. The molecule has 1 saturated heterocycles. The van der Waals surface area contributed by atoms with E-state index >= 15 is 0 Å². The Labute approximate surface area is 126 Å². The molecule has 1 aromatic rings. The van der Waals surface area contributed by atoms with E-state index in [9.17, 15) is 12.8 Å². The molecular weight excluding hydrogens is 291 g/mol. The lowest BCUT2D eigenvalue weighted by atomic mass is 10.0. The number of sulfonamides is 1. The first-order valence-corrected chi connectivity index (χ1v) is 9.19. The molecule has 1 heterocycles. The second-order valence-corrected chi connectivity index (χ2v) is 7.65. The molecular formula is C15H23FN2O2S. The van der Waals surface area contributed by atoms with Crippen LogP contribution in [0.2, 0.25) is 0 Å². The largest absolute Gasteiger partial charge is 0.310 e. The molecule has 0 radical (unpaired) electrons. The first-order valence-electron chi connectivity index (χ1n) is 7.34. The second-order valence-electron chi connectivity index (χ2n) is 5.67. The summed E-state index contributed by atoms with van der Waals surface area (Å²) < 4.78 is 38.3. The molecule has 1 fully saturated rings. The van der Waals surface area contributed by atoms with Gasteiger partial charge in [0, 0.05) is 24.7 Å². The van der Waals surface area contributed by atoms with Gasteiger partial charge in [-0.15, -0.1) is 0 Å². The first kappa shape index (κ1) is 16.4. The van der Waals surface area contributed by atoms with Crippen molar-refractivity contribution in [3.63, 3.8) is 0 Å². The van der Waals surface area contributed by atoms with E-state index in [4.69, 9.17) is 0 Å². The Morgan fingerprint density at radius 2 is 2.14 bits per heavy atom. The van der Waals surface area contributed by atoms with Crippen LogP contribution in [-0.2, 0) is 10.0 Å². The second kappa shape index (κ2) is 6.85. The van der Waals surface area contributed by atoms with Gasteiger partial charge >= 0.3 is 0 Å². The van der Waals surface area contributed by atoms with Gasteiger partial charge in [-0.1, -0.05) is 25.1 Å². The van der Waals surface area contributed by atoms with Crippen molar-refractivity contribution in [3.05, 3.63) is 35.6 Å². The Hall–Kier alpha value is -0.980. The molecule has 0 unspecified atom stereocenters. The van der Waals surface area contributed by atoms with E-state index in [0.29, 0.717) is 31.1 Å². The minimum atomic E-state index is -3.09. The van der Waals surface area contributed by atoms with Gasteiger partial charge in [-0.05, 0) is 31.4 Å². The van der Waals surface area contributed by atoms with Gasteiger partial charge < -0.3 is 5.32 Å². The number of halogens is 1. The van der Waals surface area contributed by atoms with Crippen molar-refractivity contribution in [2.24, 2.45) is 5.92 Å². The van der Waals surface area contributed by atoms with Crippen molar-refractivity contribution in [2.45, 2.75) is 25.8 Å². The molecule has 0 aromatic heterocycles. The molecule has 1 aromatic carbocycles. The van der Waals surface area contributed by atoms with Crippen LogP contribution in [0.1, 0.15) is 31.4 Å². The molecule has 1 aliphatic heterocycles. The summed E-state index contributed by atoms with van der Waals surface area (Å²) in [4.78, 5) is 0.